The monoisotopic (exact) mass is 293 g/mol. The maximum absolute atomic E-state index is 12.3. The second-order valence-corrected chi connectivity index (χ2v) is 6.36. The van der Waals surface area contributed by atoms with E-state index in [1.54, 1.807) is 0 Å². The number of allylic oxidation sites excluding steroid dienone is 1. The molecule has 2 fully saturated rings. The van der Waals surface area contributed by atoms with Gasteiger partial charge in [0.15, 0.2) is 5.60 Å². The molecule has 2 heterocycles. The molecule has 0 aromatic rings. The molecule has 0 spiro atoms. The van der Waals surface area contributed by atoms with Gasteiger partial charge in [-0.15, -0.1) is 0 Å². The van der Waals surface area contributed by atoms with Gasteiger partial charge in [0.25, 0.3) is 0 Å². The van der Waals surface area contributed by atoms with Crippen LogP contribution in [0.2, 0.25) is 0 Å². The first kappa shape index (κ1) is 14.6. The average molecular weight is 293 g/mol. The highest BCUT2D eigenvalue weighted by molar-refractivity contribution is 6.02. The van der Waals surface area contributed by atoms with E-state index in [-0.39, 0.29) is 17.7 Å². The van der Waals surface area contributed by atoms with E-state index in [4.69, 9.17) is 4.74 Å². The molecule has 2 N–H and O–H groups in total. The Labute approximate surface area is 124 Å². The van der Waals surface area contributed by atoms with Crippen molar-refractivity contribution in [2.45, 2.75) is 63.2 Å². The fourth-order valence-corrected chi connectivity index (χ4v) is 4.43. The van der Waals surface area contributed by atoms with Crippen molar-refractivity contribution < 1.29 is 19.4 Å². The number of aliphatic hydroxyl groups excluding tert-OH is 1. The number of nitrogens with one attached hydrogen (secondary N) is 1. The Hall–Kier alpha value is -1.36. The lowest BCUT2D eigenvalue weighted by atomic mass is 9.62. The zero-order valence-electron chi connectivity index (χ0n) is 12.6. The fraction of sp³-hybridized carbons (Fsp3) is 0.750. The highest BCUT2D eigenvalue weighted by atomic mass is 16.6. The minimum atomic E-state index is -1.26. The van der Waals surface area contributed by atoms with Crippen LogP contribution in [0.4, 0.5) is 0 Å². The quantitative estimate of drug-likeness (QED) is 0.605. The van der Waals surface area contributed by atoms with E-state index in [9.17, 15) is 14.7 Å². The summed E-state index contributed by atoms with van der Waals surface area (Å²) in [6.07, 6.45) is 7.05. The summed E-state index contributed by atoms with van der Waals surface area (Å²) in [5.41, 5.74) is -2.15. The third-order valence-corrected chi connectivity index (χ3v) is 5.54. The molecule has 0 bridgehead atoms. The molecule has 1 aliphatic carbocycles. The molecule has 0 saturated carbocycles. The lowest BCUT2D eigenvalue weighted by Crippen LogP contribution is -2.80. The van der Waals surface area contributed by atoms with Gasteiger partial charge in [-0.3, -0.25) is 4.79 Å². The van der Waals surface area contributed by atoms with E-state index in [1.165, 1.54) is 0 Å². The van der Waals surface area contributed by atoms with Gasteiger partial charge in [0.1, 0.15) is 0 Å². The number of hydrogen-bond donors (Lipinski definition) is 2. The highest BCUT2D eigenvalue weighted by Crippen LogP contribution is 2.55. The van der Waals surface area contributed by atoms with Crippen molar-refractivity contribution in [3.8, 4) is 0 Å². The third-order valence-electron chi connectivity index (χ3n) is 5.54. The van der Waals surface area contributed by atoms with E-state index >= 15 is 0 Å². The summed E-state index contributed by atoms with van der Waals surface area (Å²) in [4.78, 5) is 24.6. The molecule has 1 amide bonds. The van der Waals surface area contributed by atoms with E-state index in [0.29, 0.717) is 12.8 Å². The number of hydrogen-bond acceptors (Lipinski definition) is 4. The molecule has 116 valence electrons. The Balaban J connectivity index is 2.00. The second kappa shape index (κ2) is 4.83. The van der Waals surface area contributed by atoms with Crippen LogP contribution in [0.5, 0.6) is 0 Å². The van der Waals surface area contributed by atoms with Crippen LogP contribution in [-0.2, 0) is 14.3 Å². The van der Waals surface area contributed by atoms with Crippen LogP contribution >= 0.6 is 0 Å². The molecule has 3 aliphatic rings. The largest absolute Gasteiger partial charge is 0.453 e. The van der Waals surface area contributed by atoms with Crippen LogP contribution in [0.15, 0.2) is 12.2 Å². The minimum Gasteiger partial charge on any atom is -0.453 e. The van der Waals surface area contributed by atoms with Crippen LogP contribution in [0, 0.1) is 11.8 Å². The van der Waals surface area contributed by atoms with Gasteiger partial charge in [0.2, 0.25) is 11.4 Å². The van der Waals surface area contributed by atoms with Crippen molar-refractivity contribution in [3.63, 3.8) is 0 Å². The summed E-state index contributed by atoms with van der Waals surface area (Å²) in [5, 5.41) is 13.7. The maximum atomic E-state index is 12.3. The van der Waals surface area contributed by atoms with Gasteiger partial charge in [0, 0.05) is 5.92 Å². The second-order valence-electron chi connectivity index (χ2n) is 6.36. The van der Waals surface area contributed by atoms with E-state index in [1.807, 2.05) is 26.0 Å². The van der Waals surface area contributed by atoms with Crippen LogP contribution in [0.25, 0.3) is 0 Å². The lowest BCUT2D eigenvalue weighted by Gasteiger charge is -2.56. The minimum absolute atomic E-state index is 0.103. The zero-order chi connectivity index (χ0) is 15.3. The number of rotatable bonds is 4. The smallest absolute Gasteiger partial charge is 0.339 e. The summed E-state index contributed by atoms with van der Waals surface area (Å²) in [6, 6.07) is 0. The molecular weight excluding hydrogens is 270 g/mol. The van der Waals surface area contributed by atoms with Crippen molar-refractivity contribution >= 4 is 11.9 Å². The van der Waals surface area contributed by atoms with Crippen LogP contribution in [0.1, 0.15) is 46.0 Å². The molecule has 5 heteroatoms. The third kappa shape index (κ3) is 1.61. The first-order valence-electron chi connectivity index (χ1n) is 7.93. The van der Waals surface area contributed by atoms with Crippen molar-refractivity contribution in [3.05, 3.63) is 12.2 Å². The summed E-state index contributed by atoms with van der Waals surface area (Å²) in [6.45, 7) is 3.82. The number of amides is 1. The predicted octanol–water partition coefficient (Wildman–Crippen LogP) is 1.30. The van der Waals surface area contributed by atoms with Crippen molar-refractivity contribution in [2.24, 2.45) is 11.8 Å². The zero-order valence-corrected chi connectivity index (χ0v) is 12.6. The number of carbonyl (C=O) groups excluding carboxylic acids is 2. The van der Waals surface area contributed by atoms with Crippen LogP contribution in [0.3, 0.4) is 0 Å². The molecule has 2 saturated heterocycles. The Bertz CT molecular complexity index is 503. The molecular formula is C16H23NO4. The first-order valence-corrected chi connectivity index (χ1v) is 7.93. The standard InChI is InChI=1S/C16H23NO4/c1-3-11-13(19)17-16(14(20)21-15(11,16)4-2)12(18)10-8-6-5-7-9-10/h6,8,10-12,18H,3-5,7,9H2,1-2H3,(H,17,19)/t10-,11+,12+,15+,16+/m1/s1. The van der Waals surface area contributed by atoms with Gasteiger partial charge in [0.05, 0.1) is 12.0 Å². The van der Waals surface area contributed by atoms with E-state index in [0.717, 1.165) is 19.3 Å². The van der Waals surface area contributed by atoms with Crippen LogP contribution in [-0.4, -0.2) is 34.2 Å². The number of carbonyl (C=O) groups is 2. The van der Waals surface area contributed by atoms with Gasteiger partial charge < -0.3 is 15.2 Å². The Kier molecular flexibility index (Phi) is 3.35. The SMILES string of the molecule is CC[C@H]1C(=O)N[C@@]2([C@@H](O)[C@@H]3C=CCCC3)C(=O)O[C@@]12CC. The Morgan fingerprint density at radius 3 is 2.76 bits per heavy atom. The molecule has 0 unspecified atom stereocenters. The molecule has 0 aromatic heterocycles. The molecule has 21 heavy (non-hydrogen) atoms. The van der Waals surface area contributed by atoms with Crippen molar-refractivity contribution in [1.29, 1.82) is 0 Å². The van der Waals surface area contributed by atoms with Gasteiger partial charge in [-0.05, 0) is 32.1 Å². The molecule has 2 aliphatic heterocycles. The highest BCUT2D eigenvalue weighted by Gasteiger charge is 2.80. The summed E-state index contributed by atoms with van der Waals surface area (Å²) >= 11 is 0. The van der Waals surface area contributed by atoms with E-state index < -0.39 is 23.2 Å². The maximum Gasteiger partial charge on any atom is 0.339 e. The fourth-order valence-electron chi connectivity index (χ4n) is 4.43. The molecule has 0 radical (unpaired) electrons. The molecule has 0 aromatic carbocycles. The summed E-state index contributed by atoms with van der Waals surface area (Å²) < 4.78 is 5.48. The summed E-state index contributed by atoms with van der Waals surface area (Å²) in [5.74, 6) is -1.14. The number of esters is 1. The Morgan fingerprint density at radius 1 is 1.48 bits per heavy atom. The molecule has 3 rings (SSSR count). The van der Waals surface area contributed by atoms with Gasteiger partial charge >= 0.3 is 5.97 Å². The molecule has 5 atom stereocenters. The van der Waals surface area contributed by atoms with Crippen molar-refractivity contribution in [1.82, 2.24) is 5.32 Å². The lowest BCUT2D eigenvalue weighted by molar-refractivity contribution is -0.244. The average Bonchev–Trinajstić information content (AvgIpc) is 2.71. The van der Waals surface area contributed by atoms with Gasteiger partial charge in [-0.2, -0.15) is 0 Å². The van der Waals surface area contributed by atoms with Gasteiger partial charge in [-0.25, -0.2) is 4.79 Å². The number of fused-ring (bicyclic) bond motifs is 1. The number of ether oxygens (including phenoxy) is 1. The van der Waals surface area contributed by atoms with Crippen molar-refractivity contribution in [2.75, 3.05) is 0 Å². The number of aliphatic hydroxyl groups is 1. The normalized spacial score (nSPS) is 42.8. The summed E-state index contributed by atoms with van der Waals surface area (Å²) in [7, 11) is 0. The van der Waals surface area contributed by atoms with Gasteiger partial charge in [-0.1, -0.05) is 26.0 Å². The van der Waals surface area contributed by atoms with E-state index in [2.05, 4.69) is 5.32 Å². The Morgan fingerprint density at radius 2 is 2.24 bits per heavy atom. The predicted molar refractivity (Wildman–Crippen MR) is 76.3 cm³/mol. The topological polar surface area (TPSA) is 75.6 Å². The van der Waals surface area contributed by atoms with Crippen LogP contribution < -0.4 is 5.32 Å². The molecule has 5 nitrogen and oxygen atoms in total. The first-order chi connectivity index (χ1) is 10.0.